The van der Waals surface area contributed by atoms with Crippen LogP contribution in [0.2, 0.25) is 10.0 Å². The first-order chi connectivity index (χ1) is 8.56. The quantitative estimate of drug-likeness (QED) is 0.928. The van der Waals surface area contributed by atoms with Gasteiger partial charge in [0.2, 0.25) is 0 Å². The van der Waals surface area contributed by atoms with E-state index in [1.54, 1.807) is 18.2 Å². The lowest BCUT2D eigenvalue weighted by Crippen LogP contribution is -2.49. The first-order valence-electron chi connectivity index (χ1n) is 5.56. The molecule has 0 radical (unpaired) electrons. The predicted octanol–water partition coefficient (Wildman–Crippen LogP) is 2.28. The van der Waals surface area contributed by atoms with Gasteiger partial charge in [-0.15, -0.1) is 0 Å². The third-order valence-corrected chi connectivity index (χ3v) is 3.27. The Hall–Kier alpha value is -0.810. The second kappa shape index (κ2) is 5.89. The van der Waals surface area contributed by atoms with Crippen LogP contribution in [0.15, 0.2) is 18.2 Å². The van der Waals surface area contributed by atoms with Crippen LogP contribution >= 0.6 is 23.2 Å². The SMILES string of the molecule is O=C(O)C1COCCN1Cc1cc(Cl)cc(Cl)c1. The molecule has 0 aliphatic carbocycles. The Kier molecular flexibility index (Phi) is 4.45. The molecule has 0 saturated carbocycles. The second-order valence-electron chi connectivity index (χ2n) is 4.18. The van der Waals surface area contributed by atoms with Crippen molar-refractivity contribution in [2.24, 2.45) is 0 Å². The zero-order valence-corrected chi connectivity index (χ0v) is 11.1. The molecule has 1 aromatic carbocycles. The van der Waals surface area contributed by atoms with Crippen molar-refractivity contribution in [3.63, 3.8) is 0 Å². The van der Waals surface area contributed by atoms with Crippen molar-refractivity contribution in [3.8, 4) is 0 Å². The standard InChI is InChI=1S/C12H13Cl2NO3/c13-9-3-8(4-10(14)5-9)6-15-1-2-18-7-11(15)12(16)17/h3-5,11H,1-2,6-7H2,(H,16,17). The number of ether oxygens (including phenoxy) is 1. The molecule has 1 fully saturated rings. The molecular weight excluding hydrogens is 277 g/mol. The van der Waals surface area contributed by atoms with Gasteiger partial charge in [-0.3, -0.25) is 9.69 Å². The van der Waals surface area contributed by atoms with Crippen LogP contribution in [0.3, 0.4) is 0 Å². The molecule has 0 amide bonds. The molecule has 0 spiro atoms. The van der Waals surface area contributed by atoms with Crippen LogP contribution in [-0.4, -0.2) is 41.8 Å². The Balaban J connectivity index is 2.13. The molecule has 1 aliphatic heterocycles. The lowest BCUT2D eigenvalue weighted by molar-refractivity contribution is -0.150. The Labute approximate surface area is 115 Å². The molecular formula is C12H13Cl2NO3. The van der Waals surface area contributed by atoms with E-state index in [-0.39, 0.29) is 6.61 Å². The van der Waals surface area contributed by atoms with E-state index in [1.807, 2.05) is 4.90 Å². The van der Waals surface area contributed by atoms with Crippen LogP contribution in [0.5, 0.6) is 0 Å². The molecule has 1 heterocycles. The third-order valence-electron chi connectivity index (χ3n) is 2.83. The highest BCUT2D eigenvalue weighted by atomic mass is 35.5. The fourth-order valence-electron chi connectivity index (χ4n) is 1.99. The maximum absolute atomic E-state index is 11.1. The second-order valence-corrected chi connectivity index (χ2v) is 5.05. The van der Waals surface area contributed by atoms with Gasteiger partial charge in [-0.1, -0.05) is 23.2 Å². The van der Waals surface area contributed by atoms with Gasteiger partial charge in [0, 0.05) is 23.1 Å². The summed E-state index contributed by atoms with van der Waals surface area (Å²) in [6.45, 7) is 1.84. The Morgan fingerprint density at radius 2 is 2.06 bits per heavy atom. The maximum atomic E-state index is 11.1. The number of halogens is 2. The highest BCUT2D eigenvalue weighted by Gasteiger charge is 2.29. The Bertz CT molecular complexity index is 433. The molecule has 1 saturated heterocycles. The molecule has 4 nitrogen and oxygen atoms in total. The number of carboxylic acid groups (broad SMARTS) is 1. The average Bonchev–Trinajstić information content (AvgIpc) is 2.27. The summed E-state index contributed by atoms with van der Waals surface area (Å²) in [5, 5.41) is 10.2. The third kappa shape index (κ3) is 3.36. The van der Waals surface area contributed by atoms with Gasteiger partial charge in [0.05, 0.1) is 13.2 Å². The topological polar surface area (TPSA) is 49.8 Å². The zero-order valence-electron chi connectivity index (χ0n) is 9.60. The van der Waals surface area contributed by atoms with Gasteiger partial charge >= 0.3 is 5.97 Å². The van der Waals surface area contributed by atoms with E-state index in [0.717, 1.165) is 5.56 Å². The van der Waals surface area contributed by atoms with E-state index in [2.05, 4.69) is 0 Å². The molecule has 18 heavy (non-hydrogen) atoms. The number of morpholine rings is 1. The summed E-state index contributed by atoms with van der Waals surface area (Å²) >= 11 is 11.8. The lowest BCUT2D eigenvalue weighted by atomic mass is 10.1. The summed E-state index contributed by atoms with van der Waals surface area (Å²) in [6.07, 6.45) is 0. The number of rotatable bonds is 3. The van der Waals surface area contributed by atoms with Crippen LogP contribution in [0.1, 0.15) is 5.56 Å². The largest absolute Gasteiger partial charge is 0.480 e. The summed E-state index contributed by atoms with van der Waals surface area (Å²) < 4.78 is 5.18. The van der Waals surface area contributed by atoms with Crippen LogP contribution in [0, 0.1) is 0 Å². The Morgan fingerprint density at radius 1 is 1.39 bits per heavy atom. The molecule has 6 heteroatoms. The van der Waals surface area contributed by atoms with Crippen LogP contribution in [0.4, 0.5) is 0 Å². The number of benzene rings is 1. The summed E-state index contributed by atoms with van der Waals surface area (Å²) in [5.41, 5.74) is 0.903. The number of hydrogen-bond donors (Lipinski definition) is 1. The zero-order chi connectivity index (χ0) is 13.1. The first-order valence-corrected chi connectivity index (χ1v) is 6.31. The summed E-state index contributed by atoms with van der Waals surface area (Å²) in [6, 6.07) is 4.63. The van der Waals surface area contributed by atoms with Crippen molar-refractivity contribution in [3.05, 3.63) is 33.8 Å². The van der Waals surface area contributed by atoms with Gasteiger partial charge in [-0.2, -0.15) is 0 Å². The van der Waals surface area contributed by atoms with E-state index in [1.165, 1.54) is 0 Å². The smallest absolute Gasteiger partial charge is 0.323 e. The van der Waals surface area contributed by atoms with Gasteiger partial charge in [-0.25, -0.2) is 0 Å². The Morgan fingerprint density at radius 3 is 2.67 bits per heavy atom. The van der Waals surface area contributed by atoms with Crippen molar-refractivity contribution >= 4 is 29.2 Å². The fraction of sp³-hybridized carbons (Fsp3) is 0.417. The number of aliphatic carboxylic acids is 1. The molecule has 0 aromatic heterocycles. The van der Waals surface area contributed by atoms with Crippen LogP contribution < -0.4 is 0 Å². The molecule has 1 atom stereocenters. The van der Waals surface area contributed by atoms with Gasteiger partial charge < -0.3 is 9.84 Å². The maximum Gasteiger partial charge on any atom is 0.323 e. The van der Waals surface area contributed by atoms with Gasteiger partial charge in [0.1, 0.15) is 6.04 Å². The van der Waals surface area contributed by atoms with Crippen LogP contribution in [-0.2, 0) is 16.1 Å². The molecule has 0 bridgehead atoms. The molecule has 1 N–H and O–H groups in total. The summed E-state index contributed by atoms with van der Waals surface area (Å²) in [5.74, 6) is -0.872. The summed E-state index contributed by atoms with van der Waals surface area (Å²) in [7, 11) is 0. The minimum absolute atomic E-state index is 0.212. The molecule has 2 rings (SSSR count). The minimum atomic E-state index is -0.872. The first kappa shape index (κ1) is 13.6. The predicted molar refractivity (Wildman–Crippen MR) is 69.1 cm³/mol. The van der Waals surface area contributed by atoms with Gasteiger partial charge in [0.25, 0.3) is 0 Å². The normalized spacial score (nSPS) is 20.9. The fourth-order valence-corrected chi connectivity index (χ4v) is 2.56. The lowest BCUT2D eigenvalue weighted by Gasteiger charge is -2.32. The number of carbonyl (C=O) groups is 1. The van der Waals surface area contributed by atoms with Crippen molar-refractivity contribution in [1.82, 2.24) is 4.90 Å². The van der Waals surface area contributed by atoms with E-state index in [9.17, 15) is 4.79 Å². The van der Waals surface area contributed by atoms with E-state index in [4.69, 9.17) is 33.0 Å². The monoisotopic (exact) mass is 289 g/mol. The molecule has 1 aliphatic rings. The highest BCUT2D eigenvalue weighted by molar-refractivity contribution is 6.34. The van der Waals surface area contributed by atoms with Gasteiger partial charge in [0.15, 0.2) is 0 Å². The number of carboxylic acids is 1. The number of hydrogen-bond acceptors (Lipinski definition) is 3. The minimum Gasteiger partial charge on any atom is -0.480 e. The average molecular weight is 290 g/mol. The van der Waals surface area contributed by atoms with Crippen molar-refractivity contribution in [2.75, 3.05) is 19.8 Å². The van der Waals surface area contributed by atoms with Gasteiger partial charge in [-0.05, 0) is 23.8 Å². The molecule has 1 aromatic rings. The highest BCUT2D eigenvalue weighted by Crippen LogP contribution is 2.21. The van der Waals surface area contributed by atoms with Crippen molar-refractivity contribution < 1.29 is 14.6 Å². The molecule has 98 valence electrons. The molecule has 1 unspecified atom stereocenters. The van der Waals surface area contributed by atoms with Crippen LogP contribution in [0.25, 0.3) is 0 Å². The number of nitrogens with zero attached hydrogens (tertiary/aromatic N) is 1. The van der Waals surface area contributed by atoms with E-state index in [0.29, 0.717) is 29.7 Å². The summed E-state index contributed by atoms with van der Waals surface area (Å²) in [4.78, 5) is 13.0. The van der Waals surface area contributed by atoms with Crippen molar-refractivity contribution in [2.45, 2.75) is 12.6 Å². The van der Waals surface area contributed by atoms with E-state index >= 15 is 0 Å². The van der Waals surface area contributed by atoms with Crippen molar-refractivity contribution in [1.29, 1.82) is 0 Å². The van der Waals surface area contributed by atoms with E-state index < -0.39 is 12.0 Å².